The third-order valence-corrected chi connectivity index (χ3v) is 3.79. The lowest BCUT2D eigenvalue weighted by atomic mass is 10.1. The fourth-order valence-corrected chi connectivity index (χ4v) is 2.65. The largest absolute Gasteiger partial charge is 0.465 e. The molecule has 0 radical (unpaired) electrons. The minimum atomic E-state index is -0.591. The smallest absolute Gasteiger partial charge is 0.339 e. The Balaban J connectivity index is 2.11. The van der Waals surface area contributed by atoms with Crippen molar-refractivity contribution in [2.75, 3.05) is 23.9 Å². The van der Waals surface area contributed by atoms with Crippen LogP contribution in [0, 0.1) is 0 Å². The van der Waals surface area contributed by atoms with E-state index in [1.54, 1.807) is 24.3 Å². The molecule has 7 heteroatoms. The van der Waals surface area contributed by atoms with Crippen molar-refractivity contribution in [1.82, 2.24) is 5.32 Å². The molecular weight excluding hydrogens is 280 g/mol. The molecule has 1 aromatic rings. The first-order valence-corrected chi connectivity index (χ1v) is 7.12. The molecule has 1 aliphatic rings. The molecular formula is C13H14N2O4S. The zero-order valence-corrected chi connectivity index (χ0v) is 11.7. The summed E-state index contributed by atoms with van der Waals surface area (Å²) in [5.74, 6) is -0.159. The zero-order valence-electron chi connectivity index (χ0n) is 10.8. The molecule has 2 rings (SSSR count). The number of carbonyl (C=O) groups is 3. The van der Waals surface area contributed by atoms with Gasteiger partial charge in [-0.25, -0.2) is 4.79 Å². The van der Waals surface area contributed by atoms with Crippen LogP contribution in [0.1, 0.15) is 10.4 Å². The van der Waals surface area contributed by atoms with E-state index in [1.807, 2.05) is 0 Å². The normalized spacial score (nSPS) is 18.1. The van der Waals surface area contributed by atoms with E-state index in [4.69, 9.17) is 0 Å². The molecule has 1 atom stereocenters. The number of hydrogen-bond donors (Lipinski definition) is 2. The number of carbonyl (C=O) groups excluding carboxylic acids is 3. The van der Waals surface area contributed by atoms with Crippen LogP contribution >= 0.6 is 11.8 Å². The summed E-state index contributed by atoms with van der Waals surface area (Å²) in [6.07, 6.45) is 0. The second kappa shape index (κ2) is 6.42. The topological polar surface area (TPSA) is 84.5 Å². The van der Waals surface area contributed by atoms with Crippen molar-refractivity contribution in [2.24, 2.45) is 0 Å². The van der Waals surface area contributed by atoms with Gasteiger partial charge in [-0.3, -0.25) is 9.59 Å². The van der Waals surface area contributed by atoms with Crippen LogP contribution < -0.4 is 10.6 Å². The zero-order chi connectivity index (χ0) is 14.5. The Bertz CT molecular complexity index is 547. The predicted octanol–water partition coefficient (Wildman–Crippen LogP) is 0.643. The van der Waals surface area contributed by atoms with Gasteiger partial charge in [0.25, 0.3) is 0 Å². The van der Waals surface area contributed by atoms with E-state index in [-0.39, 0.29) is 17.4 Å². The number of amides is 2. The molecule has 1 fully saturated rings. The first-order valence-electron chi connectivity index (χ1n) is 5.97. The number of hydrogen-bond acceptors (Lipinski definition) is 5. The molecule has 6 nitrogen and oxygen atoms in total. The van der Waals surface area contributed by atoms with Crippen molar-refractivity contribution < 1.29 is 19.1 Å². The molecule has 20 heavy (non-hydrogen) atoms. The fraction of sp³-hybridized carbons (Fsp3) is 0.308. The number of ether oxygens (including phenoxy) is 1. The minimum absolute atomic E-state index is 0.164. The van der Waals surface area contributed by atoms with Gasteiger partial charge in [-0.05, 0) is 12.1 Å². The third kappa shape index (κ3) is 3.30. The average molecular weight is 294 g/mol. The van der Waals surface area contributed by atoms with Gasteiger partial charge in [-0.2, -0.15) is 0 Å². The first kappa shape index (κ1) is 14.4. The number of anilines is 1. The molecule has 1 heterocycles. The van der Waals surface area contributed by atoms with Crippen molar-refractivity contribution in [3.63, 3.8) is 0 Å². The highest BCUT2D eigenvalue weighted by Gasteiger charge is 2.26. The van der Waals surface area contributed by atoms with Gasteiger partial charge >= 0.3 is 5.97 Å². The summed E-state index contributed by atoms with van der Waals surface area (Å²) >= 11 is 1.40. The Morgan fingerprint density at radius 2 is 2.15 bits per heavy atom. The fourth-order valence-electron chi connectivity index (χ4n) is 1.79. The molecule has 0 bridgehead atoms. The summed E-state index contributed by atoms with van der Waals surface area (Å²) in [4.78, 5) is 34.9. The summed E-state index contributed by atoms with van der Waals surface area (Å²) in [6.45, 7) is 0. The van der Waals surface area contributed by atoms with Crippen molar-refractivity contribution in [2.45, 2.75) is 6.04 Å². The van der Waals surface area contributed by atoms with Gasteiger partial charge in [0.15, 0.2) is 0 Å². The summed E-state index contributed by atoms with van der Waals surface area (Å²) in [7, 11) is 1.28. The highest BCUT2D eigenvalue weighted by Crippen LogP contribution is 2.17. The molecule has 106 valence electrons. The van der Waals surface area contributed by atoms with Gasteiger partial charge in [0.05, 0.1) is 24.1 Å². The summed E-state index contributed by atoms with van der Waals surface area (Å²) in [6, 6.07) is 5.97. The molecule has 2 N–H and O–H groups in total. The Hall–Kier alpha value is -2.02. The molecule has 0 saturated carbocycles. The SMILES string of the molecule is COC(=O)c1ccccc1NC(=O)C1CSCC(=O)N1. The lowest BCUT2D eigenvalue weighted by Gasteiger charge is -2.22. The van der Waals surface area contributed by atoms with Gasteiger partial charge in [-0.1, -0.05) is 12.1 Å². The number of methoxy groups -OCH3 is 1. The van der Waals surface area contributed by atoms with E-state index in [0.29, 0.717) is 17.2 Å². The van der Waals surface area contributed by atoms with Gasteiger partial charge in [0.1, 0.15) is 6.04 Å². The van der Waals surface area contributed by atoms with E-state index in [0.717, 1.165) is 0 Å². The van der Waals surface area contributed by atoms with Gasteiger partial charge < -0.3 is 15.4 Å². The van der Waals surface area contributed by atoms with Crippen LogP contribution in [0.4, 0.5) is 5.69 Å². The van der Waals surface area contributed by atoms with Crippen LogP contribution in [0.3, 0.4) is 0 Å². The Morgan fingerprint density at radius 1 is 1.40 bits per heavy atom. The number of esters is 1. The molecule has 1 saturated heterocycles. The maximum absolute atomic E-state index is 12.1. The second-order valence-electron chi connectivity index (χ2n) is 4.16. The average Bonchev–Trinajstić information content (AvgIpc) is 2.47. The van der Waals surface area contributed by atoms with Gasteiger partial charge in [0, 0.05) is 5.75 Å². The third-order valence-electron chi connectivity index (χ3n) is 2.76. The van der Waals surface area contributed by atoms with Crippen LogP contribution in [-0.4, -0.2) is 42.4 Å². The van der Waals surface area contributed by atoms with Crippen molar-refractivity contribution in [3.05, 3.63) is 29.8 Å². The maximum Gasteiger partial charge on any atom is 0.339 e. The Kier molecular flexibility index (Phi) is 4.62. The van der Waals surface area contributed by atoms with Crippen molar-refractivity contribution in [3.8, 4) is 0 Å². The number of nitrogens with one attached hydrogen (secondary N) is 2. The molecule has 0 spiro atoms. The molecule has 0 aromatic heterocycles. The minimum Gasteiger partial charge on any atom is -0.465 e. The standard InChI is InChI=1S/C13H14N2O4S/c1-19-13(18)8-4-2-3-5-9(8)15-12(17)10-6-20-7-11(16)14-10/h2-5,10H,6-7H2,1H3,(H,14,16)(H,15,17). The van der Waals surface area contributed by atoms with Crippen molar-refractivity contribution in [1.29, 1.82) is 0 Å². The number of rotatable bonds is 3. The van der Waals surface area contributed by atoms with Crippen LogP contribution in [0.25, 0.3) is 0 Å². The summed E-state index contributed by atoms with van der Waals surface area (Å²) in [5, 5.41) is 5.26. The lowest BCUT2D eigenvalue weighted by Crippen LogP contribution is -2.49. The quantitative estimate of drug-likeness (QED) is 0.799. The molecule has 1 unspecified atom stereocenters. The molecule has 0 aliphatic carbocycles. The number of benzene rings is 1. The van der Waals surface area contributed by atoms with Crippen LogP contribution in [0.5, 0.6) is 0 Å². The molecule has 1 aliphatic heterocycles. The molecule has 1 aromatic carbocycles. The Labute approximate surface area is 120 Å². The van der Waals surface area contributed by atoms with E-state index in [2.05, 4.69) is 15.4 Å². The van der Waals surface area contributed by atoms with E-state index in [1.165, 1.54) is 18.9 Å². The van der Waals surface area contributed by atoms with Crippen LogP contribution in [0.2, 0.25) is 0 Å². The maximum atomic E-state index is 12.1. The number of para-hydroxylation sites is 1. The number of thioether (sulfide) groups is 1. The summed E-state index contributed by atoms with van der Waals surface area (Å²) < 4.78 is 4.66. The van der Waals surface area contributed by atoms with Gasteiger partial charge in [-0.15, -0.1) is 11.8 Å². The summed E-state index contributed by atoms with van der Waals surface area (Å²) in [5.41, 5.74) is 0.646. The van der Waals surface area contributed by atoms with Crippen LogP contribution in [0.15, 0.2) is 24.3 Å². The van der Waals surface area contributed by atoms with Crippen LogP contribution in [-0.2, 0) is 14.3 Å². The van der Waals surface area contributed by atoms with E-state index in [9.17, 15) is 14.4 Å². The van der Waals surface area contributed by atoms with Gasteiger partial charge in [0.2, 0.25) is 11.8 Å². The van der Waals surface area contributed by atoms with E-state index < -0.39 is 12.0 Å². The highest BCUT2D eigenvalue weighted by atomic mass is 32.2. The van der Waals surface area contributed by atoms with Crippen molar-refractivity contribution >= 4 is 35.2 Å². The Morgan fingerprint density at radius 3 is 2.85 bits per heavy atom. The predicted molar refractivity (Wildman–Crippen MR) is 75.7 cm³/mol. The highest BCUT2D eigenvalue weighted by molar-refractivity contribution is 8.00. The lowest BCUT2D eigenvalue weighted by molar-refractivity contribution is -0.124. The second-order valence-corrected chi connectivity index (χ2v) is 5.19. The monoisotopic (exact) mass is 294 g/mol. The van der Waals surface area contributed by atoms with E-state index >= 15 is 0 Å². The molecule has 2 amide bonds. The first-order chi connectivity index (χ1) is 9.61.